The minimum Gasteiger partial charge on any atom is -0.512 e. The van der Waals surface area contributed by atoms with Crippen LogP contribution in [0.1, 0.15) is 26.3 Å². The van der Waals surface area contributed by atoms with Crippen LogP contribution in [0.5, 0.6) is 0 Å². The van der Waals surface area contributed by atoms with E-state index in [0.29, 0.717) is 0 Å². The molecule has 0 aliphatic carbocycles. The fraction of sp³-hybridized carbons (Fsp3) is 0.500. The van der Waals surface area contributed by atoms with Crippen molar-refractivity contribution in [3.63, 3.8) is 0 Å². The molecular weight excluding hydrogens is 196 g/mol. The summed E-state index contributed by atoms with van der Waals surface area (Å²) < 4.78 is 1.20. The van der Waals surface area contributed by atoms with Crippen LogP contribution >= 0.6 is 0 Å². The topological polar surface area (TPSA) is 23.8 Å². The zero-order chi connectivity index (χ0) is 12.4. The molecule has 2 nitrogen and oxygen atoms in total. The Kier molecular flexibility index (Phi) is 7.24. The van der Waals surface area contributed by atoms with Gasteiger partial charge in [-0.2, -0.15) is 0 Å². The summed E-state index contributed by atoms with van der Waals surface area (Å²) in [6.45, 7) is 16.5. The molecule has 0 heterocycles. The molecule has 0 fully saturated rings. The lowest BCUT2D eigenvalue weighted by molar-refractivity contribution is -0.936. The molecule has 1 aromatic carbocycles. The average Bonchev–Trinajstić information content (AvgIpc) is 2.40. The van der Waals surface area contributed by atoms with Gasteiger partial charge in [0.1, 0.15) is 6.54 Å². The first kappa shape index (κ1) is 14.7. The average molecular weight is 218 g/mol. The van der Waals surface area contributed by atoms with Crippen LogP contribution in [0.15, 0.2) is 30.3 Å². The standard InChI is InChI=1S/C13H22N.CN/c1-4-14(5-2,6-3)12-13-10-8-7-9-11-13;1-2/h7-11H,4-6,12H2,1-3H3;/q+1;-1. The van der Waals surface area contributed by atoms with E-state index in [1.165, 1.54) is 36.2 Å². The number of hydrogen-bond donors (Lipinski definition) is 0. The lowest BCUT2D eigenvalue weighted by Crippen LogP contribution is -2.46. The molecule has 0 bridgehead atoms. The fourth-order valence-electron chi connectivity index (χ4n) is 1.98. The van der Waals surface area contributed by atoms with Gasteiger partial charge >= 0.3 is 0 Å². The zero-order valence-electron chi connectivity index (χ0n) is 10.6. The Bertz CT molecular complexity index is 278. The first-order valence-corrected chi connectivity index (χ1v) is 5.87. The Morgan fingerprint density at radius 1 is 0.938 bits per heavy atom. The predicted octanol–water partition coefficient (Wildman–Crippen LogP) is 3.16. The van der Waals surface area contributed by atoms with Crippen molar-refractivity contribution < 1.29 is 4.48 Å². The molecular formula is C14H22N2. The van der Waals surface area contributed by atoms with Crippen molar-refractivity contribution in [2.24, 2.45) is 0 Å². The number of quaternary nitrogens is 1. The highest BCUT2D eigenvalue weighted by molar-refractivity contribution is 5.13. The zero-order valence-corrected chi connectivity index (χ0v) is 10.6. The van der Waals surface area contributed by atoms with Gasteiger partial charge in [-0.25, -0.2) is 0 Å². The van der Waals surface area contributed by atoms with Crippen molar-refractivity contribution in [2.75, 3.05) is 19.6 Å². The van der Waals surface area contributed by atoms with Crippen LogP contribution in [0.25, 0.3) is 0 Å². The van der Waals surface area contributed by atoms with E-state index in [9.17, 15) is 0 Å². The third-order valence-corrected chi connectivity index (χ3v) is 3.37. The van der Waals surface area contributed by atoms with Gasteiger partial charge in [-0.1, -0.05) is 30.3 Å². The minimum absolute atomic E-state index is 1.17. The molecule has 2 heteroatoms. The second-order valence-corrected chi connectivity index (χ2v) is 3.93. The summed E-state index contributed by atoms with van der Waals surface area (Å²) in [5.74, 6) is 0. The first-order valence-electron chi connectivity index (χ1n) is 5.87. The van der Waals surface area contributed by atoms with Crippen molar-refractivity contribution in [1.29, 1.82) is 5.26 Å². The Morgan fingerprint density at radius 2 is 1.38 bits per heavy atom. The molecule has 16 heavy (non-hydrogen) atoms. The molecule has 88 valence electrons. The van der Waals surface area contributed by atoms with Crippen LogP contribution in [0.3, 0.4) is 0 Å². The van der Waals surface area contributed by atoms with Gasteiger partial charge in [0.2, 0.25) is 0 Å². The Balaban J connectivity index is 0.00000106. The van der Waals surface area contributed by atoms with Crippen LogP contribution in [-0.4, -0.2) is 24.1 Å². The summed E-state index contributed by atoms with van der Waals surface area (Å²) in [5, 5.41) is 6.25. The molecule has 0 aliphatic heterocycles. The van der Waals surface area contributed by atoms with Crippen LogP contribution in [0, 0.1) is 11.8 Å². The van der Waals surface area contributed by atoms with Gasteiger partial charge in [-0.05, 0) is 20.8 Å². The van der Waals surface area contributed by atoms with E-state index in [0.717, 1.165) is 0 Å². The van der Waals surface area contributed by atoms with E-state index in [1.54, 1.807) is 0 Å². The van der Waals surface area contributed by atoms with Crippen LogP contribution in [-0.2, 0) is 6.54 Å². The van der Waals surface area contributed by atoms with Crippen molar-refractivity contribution in [1.82, 2.24) is 0 Å². The normalized spacial score (nSPS) is 10.3. The maximum absolute atomic E-state index is 6.25. The summed E-state index contributed by atoms with van der Waals surface area (Å²) in [6, 6.07) is 10.8. The predicted molar refractivity (Wildman–Crippen MR) is 67.0 cm³/mol. The smallest absolute Gasteiger partial charge is 0.104 e. The van der Waals surface area contributed by atoms with Crippen molar-refractivity contribution in [3.8, 4) is 0 Å². The van der Waals surface area contributed by atoms with Crippen molar-refractivity contribution in [3.05, 3.63) is 42.5 Å². The SMILES string of the molecule is CC[N+](CC)(CC)Cc1ccccc1.[C-]#N. The molecule has 0 saturated carbocycles. The Labute approximate surface area is 99.7 Å². The third-order valence-electron chi connectivity index (χ3n) is 3.37. The maximum Gasteiger partial charge on any atom is 0.104 e. The highest BCUT2D eigenvalue weighted by Crippen LogP contribution is 2.13. The first-order chi connectivity index (χ1) is 7.76. The van der Waals surface area contributed by atoms with Crippen LogP contribution < -0.4 is 0 Å². The number of nitrogens with zero attached hydrogens (tertiary/aromatic N) is 2. The summed E-state index contributed by atoms with van der Waals surface area (Å²) in [5.41, 5.74) is 1.46. The number of rotatable bonds is 5. The van der Waals surface area contributed by atoms with E-state index in [1.807, 2.05) is 0 Å². The van der Waals surface area contributed by atoms with Gasteiger partial charge in [0.05, 0.1) is 19.6 Å². The fourth-order valence-corrected chi connectivity index (χ4v) is 1.98. The molecule has 0 N–H and O–H groups in total. The molecule has 0 atom stereocenters. The van der Waals surface area contributed by atoms with Gasteiger partial charge < -0.3 is 16.3 Å². The molecule has 0 unspecified atom stereocenters. The van der Waals surface area contributed by atoms with Gasteiger partial charge in [-0.15, -0.1) is 0 Å². The molecule has 0 amide bonds. The van der Waals surface area contributed by atoms with Crippen molar-refractivity contribution in [2.45, 2.75) is 27.3 Å². The lowest BCUT2D eigenvalue weighted by atomic mass is 10.2. The lowest BCUT2D eigenvalue weighted by Gasteiger charge is -2.35. The van der Waals surface area contributed by atoms with E-state index in [4.69, 9.17) is 11.8 Å². The van der Waals surface area contributed by atoms with E-state index in [-0.39, 0.29) is 0 Å². The molecule has 0 spiro atoms. The number of benzene rings is 1. The summed E-state index contributed by atoms with van der Waals surface area (Å²) in [4.78, 5) is 0. The Hall–Kier alpha value is -1.33. The number of hydrogen-bond acceptors (Lipinski definition) is 1. The minimum atomic E-state index is 1.17. The van der Waals surface area contributed by atoms with Gasteiger partial charge in [0.25, 0.3) is 0 Å². The second kappa shape index (κ2) is 7.90. The molecule has 0 radical (unpaired) electrons. The Morgan fingerprint density at radius 3 is 1.75 bits per heavy atom. The highest BCUT2D eigenvalue weighted by atomic mass is 15.3. The molecule has 0 aliphatic rings. The molecule has 1 rings (SSSR count). The van der Waals surface area contributed by atoms with Crippen molar-refractivity contribution >= 4 is 0 Å². The van der Waals surface area contributed by atoms with E-state index >= 15 is 0 Å². The van der Waals surface area contributed by atoms with Crippen LogP contribution in [0.4, 0.5) is 0 Å². The van der Waals surface area contributed by atoms with Gasteiger partial charge in [0, 0.05) is 5.56 Å². The van der Waals surface area contributed by atoms with E-state index in [2.05, 4.69) is 51.1 Å². The third kappa shape index (κ3) is 4.04. The summed E-state index contributed by atoms with van der Waals surface area (Å²) >= 11 is 0. The second-order valence-electron chi connectivity index (χ2n) is 3.93. The molecule has 1 aromatic rings. The maximum atomic E-state index is 6.25. The molecule has 0 aromatic heterocycles. The van der Waals surface area contributed by atoms with Crippen LogP contribution in [0.2, 0.25) is 0 Å². The summed E-state index contributed by atoms with van der Waals surface area (Å²) in [6.07, 6.45) is 0. The monoisotopic (exact) mass is 218 g/mol. The molecule has 0 saturated heterocycles. The summed E-state index contributed by atoms with van der Waals surface area (Å²) in [7, 11) is 0. The largest absolute Gasteiger partial charge is 0.512 e. The van der Waals surface area contributed by atoms with E-state index < -0.39 is 0 Å². The van der Waals surface area contributed by atoms with Gasteiger partial charge in [0.15, 0.2) is 0 Å². The van der Waals surface area contributed by atoms with Gasteiger partial charge in [-0.3, -0.25) is 0 Å². The quantitative estimate of drug-likeness (QED) is 0.550. The highest BCUT2D eigenvalue weighted by Gasteiger charge is 2.20.